The number of hydrogen-bond acceptors (Lipinski definition) is 4. The van der Waals surface area contributed by atoms with Gasteiger partial charge in [-0.1, -0.05) is 107 Å². The number of rotatable bonds is 9. The SMILES string of the molecule is COc1ncc(-c2ccccc2Br)cc1C(c1ccccc1)C(O)(CCN(C)C)c1cccc2ccccc12. The average molecular weight is 582 g/mol. The Balaban J connectivity index is 1.82. The average Bonchev–Trinajstić information content (AvgIpc) is 2.97. The molecule has 0 saturated heterocycles. The zero-order valence-corrected chi connectivity index (χ0v) is 24.1. The van der Waals surface area contributed by atoms with Crippen LogP contribution in [0, 0.1) is 0 Å². The van der Waals surface area contributed by atoms with Crippen molar-refractivity contribution in [2.24, 2.45) is 0 Å². The summed E-state index contributed by atoms with van der Waals surface area (Å²) in [7, 11) is 5.72. The molecule has 5 rings (SSSR count). The highest BCUT2D eigenvalue weighted by Crippen LogP contribution is 2.49. The lowest BCUT2D eigenvalue weighted by Gasteiger charge is -2.39. The summed E-state index contributed by atoms with van der Waals surface area (Å²) in [5.74, 6) is 0.0533. The first kappa shape index (κ1) is 27.1. The lowest BCUT2D eigenvalue weighted by Crippen LogP contribution is -2.38. The van der Waals surface area contributed by atoms with Crippen molar-refractivity contribution in [2.75, 3.05) is 27.7 Å². The van der Waals surface area contributed by atoms with Crippen molar-refractivity contribution in [3.8, 4) is 17.0 Å². The molecule has 4 nitrogen and oxygen atoms in total. The second kappa shape index (κ2) is 11.7. The first-order valence-electron chi connectivity index (χ1n) is 13.1. The van der Waals surface area contributed by atoms with E-state index < -0.39 is 11.5 Å². The molecule has 1 N–H and O–H groups in total. The predicted molar refractivity (Wildman–Crippen MR) is 163 cm³/mol. The maximum Gasteiger partial charge on any atom is 0.217 e. The van der Waals surface area contributed by atoms with E-state index in [0.717, 1.165) is 43.1 Å². The smallest absolute Gasteiger partial charge is 0.217 e. The highest BCUT2D eigenvalue weighted by molar-refractivity contribution is 9.10. The molecule has 0 radical (unpaired) electrons. The Kier molecular flexibility index (Phi) is 8.12. The van der Waals surface area contributed by atoms with E-state index in [0.29, 0.717) is 18.8 Å². The summed E-state index contributed by atoms with van der Waals surface area (Å²) in [6.07, 6.45) is 2.34. The number of aliphatic hydroxyl groups is 1. The zero-order chi connectivity index (χ0) is 27.4. The third-order valence-electron chi connectivity index (χ3n) is 7.37. The molecule has 39 heavy (non-hydrogen) atoms. The summed E-state index contributed by atoms with van der Waals surface area (Å²) >= 11 is 3.71. The molecule has 5 aromatic rings. The summed E-state index contributed by atoms with van der Waals surface area (Å²) in [4.78, 5) is 6.88. The van der Waals surface area contributed by atoms with Gasteiger partial charge >= 0.3 is 0 Å². The van der Waals surface area contributed by atoms with Gasteiger partial charge in [-0.05, 0) is 60.1 Å². The molecule has 0 spiro atoms. The van der Waals surface area contributed by atoms with Gasteiger partial charge in [0, 0.05) is 34.3 Å². The van der Waals surface area contributed by atoms with Crippen molar-refractivity contribution in [2.45, 2.75) is 17.9 Å². The summed E-state index contributed by atoms with van der Waals surface area (Å²) in [5.41, 5.74) is 3.44. The predicted octanol–water partition coefficient (Wildman–Crippen LogP) is 7.64. The van der Waals surface area contributed by atoms with E-state index in [-0.39, 0.29) is 0 Å². The summed E-state index contributed by atoms with van der Waals surface area (Å²) < 4.78 is 6.85. The van der Waals surface area contributed by atoms with Crippen LogP contribution in [-0.2, 0) is 5.60 Å². The van der Waals surface area contributed by atoms with Gasteiger partial charge in [-0.2, -0.15) is 0 Å². The van der Waals surface area contributed by atoms with Gasteiger partial charge in [0.05, 0.1) is 7.11 Å². The summed E-state index contributed by atoms with van der Waals surface area (Å²) in [5, 5.41) is 15.2. The quantitative estimate of drug-likeness (QED) is 0.194. The molecule has 1 heterocycles. The van der Waals surface area contributed by atoms with Crippen molar-refractivity contribution >= 4 is 26.7 Å². The van der Waals surface area contributed by atoms with Crippen molar-refractivity contribution in [3.63, 3.8) is 0 Å². The molecule has 5 heteroatoms. The molecule has 2 unspecified atom stereocenters. The van der Waals surface area contributed by atoms with Crippen LogP contribution in [-0.4, -0.2) is 42.7 Å². The zero-order valence-electron chi connectivity index (χ0n) is 22.5. The van der Waals surface area contributed by atoms with Crippen molar-refractivity contribution in [1.82, 2.24) is 9.88 Å². The topological polar surface area (TPSA) is 45.6 Å². The second-order valence-corrected chi connectivity index (χ2v) is 11.0. The highest BCUT2D eigenvalue weighted by Gasteiger charge is 2.43. The second-order valence-electron chi connectivity index (χ2n) is 10.2. The molecule has 198 valence electrons. The molecule has 0 amide bonds. The number of ether oxygens (including phenoxy) is 1. The molecular formula is C34H33BrN2O2. The Morgan fingerprint density at radius 2 is 1.59 bits per heavy atom. The number of nitrogens with zero attached hydrogens (tertiary/aromatic N) is 2. The van der Waals surface area contributed by atoms with Gasteiger partial charge in [0.25, 0.3) is 0 Å². The standard InChI is InChI=1S/C34H33BrN2O2/c1-37(2)21-20-34(38,30-18-11-15-24-12-7-8-16-27(24)30)32(25-13-5-4-6-14-25)29-22-26(23-36-33(29)39-3)28-17-9-10-19-31(28)35/h4-19,22-23,32,38H,20-21H2,1-3H3. The minimum atomic E-state index is -1.27. The lowest BCUT2D eigenvalue weighted by atomic mass is 9.70. The minimum absolute atomic E-state index is 0.450. The fourth-order valence-electron chi connectivity index (χ4n) is 5.48. The van der Waals surface area contributed by atoms with Crippen LogP contribution in [0.4, 0.5) is 0 Å². The Morgan fingerprint density at radius 1 is 0.897 bits per heavy atom. The van der Waals surface area contributed by atoms with E-state index in [2.05, 4.69) is 69.4 Å². The number of benzene rings is 4. The van der Waals surface area contributed by atoms with E-state index in [1.165, 1.54) is 0 Å². The first-order valence-corrected chi connectivity index (χ1v) is 13.9. The Labute approximate surface area is 239 Å². The van der Waals surface area contributed by atoms with E-state index >= 15 is 0 Å². The van der Waals surface area contributed by atoms with E-state index in [4.69, 9.17) is 9.72 Å². The van der Waals surface area contributed by atoms with Crippen LogP contribution < -0.4 is 4.74 Å². The molecular weight excluding hydrogens is 548 g/mol. The molecule has 0 aliphatic rings. The third-order valence-corrected chi connectivity index (χ3v) is 8.07. The van der Waals surface area contributed by atoms with Gasteiger partial charge in [-0.25, -0.2) is 4.98 Å². The Bertz CT molecular complexity index is 1570. The van der Waals surface area contributed by atoms with Crippen LogP contribution in [0.3, 0.4) is 0 Å². The van der Waals surface area contributed by atoms with Gasteiger partial charge in [-0.3, -0.25) is 0 Å². The Morgan fingerprint density at radius 3 is 2.33 bits per heavy atom. The number of aromatic nitrogens is 1. The van der Waals surface area contributed by atoms with Crippen molar-refractivity contribution in [3.05, 3.63) is 130 Å². The third kappa shape index (κ3) is 5.48. The van der Waals surface area contributed by atoms with Gasteiger partial charge in [0.2, 0.25) is 5.88 Å². The first-order chi connectivity index (χ1) is 18.9. The highest BCUT2D eigenvalue weighted by atomic mass is 79.9. The fraction of sp³-hybridized carbons (Fsp3) is 0.206. The van der Waals surface area contributed by atoms with Gasteiger partial charge in [0.15, 0.2) is 0 Å². The monoisotopic (exact) mass is 580 g/mol. The van der Waals surface area contributed by atoms with Crippen molar-refractivity contribution < 1.29 is 9.84 Å². The van der Waals surface area contributed by atoms with Crippen LogP contribution in [0.2, 0.25) is 0 Å². The van der Waals surface area contributed by atoms with Crippen LogP contribution in [0.15, 0.2) is 114 Å². The van der Waals surface area contributed by atoms with Crippen LogP contribution in [0.5, 0.6) is 5.88 Å². The maximum atomic E-state index is 13.1. The molecule has 0 aliphatic carbocycles. The van der Waals surface area contributed by atoms with Crippen LogP contribution in [0.1, 0.15) is 29.0 Å². The molecule has 0 saturated carbocycles. The maximum absolute atomic E-state index is 13.1. The number of fused-ring (bicyclic) bond motifs is 1. The molecule has 0 bridgehead atoms. The number of methoxy groups -OCH3 is 1. The van der Waals surface area contributed by atoms with Gasteiger partial charge in [0.1, 0.15) is 5.60 Å². The van der Waals surface area contributed by atoms with Crippen molar-refractivity contribution in [1.29, 1.82) is 0 Å². The normalized spacial score (nSPS) is 13.8. The van der Waals surface area contributed by atoms with E-state index in [1.807, 2.05) is 74.9 Å². The number of hydrogen-bond donors (Lipinski definition) is 1. The molecule has 4 aromatic carbocycles. The van der Waals surface area contributed by atoms with Crippen LogP contribution in [0.25, 0.3) is 21.9 Å². The summed E-state index contributed by atoms with van der Waals surface area (Å²) in [6, 6.07) is 34.9. The lowest BCUT2D eigenvalue weighted by molar-refractivity contribution is 0.00517. The molecule has 2 atom stereocenters. The number of pyridine rings is 1. The molecule has 1 aromatic heterocycles. The minimum Gasteiger partial charge on any atom is -0.481 e. The fourth-order valence-corrected chi connectivity index (χ4v) is 5.99. The largest absolute Gasteiger partial charge is 0.481 e. The van der Waals surface area contributed by atoms with Gasteiger partial charge < -0.3 is 14.7 Å². The van der Waals surface area contributed by atoms with Gasteiger partial charge in [-0.15, -0.1) is 0 Å². The Hall–Kier alpha value is -3.51. The van der Waals surface area contributed by atoms with E-state index in [1.54, 1.807) is 7.11 Å². The van der Waals surface area contributed by atoms with Crippen LogP contribution >= 0.6 is 15.9 Å². The summed E-state index contributed by atoms with van der Waals surface area (Å²) in [6.45, 7) is 0.697. The molecule has 0 aliphatic heterocycles. The van der Waals surface area contributed by atoms with E-state index in [9.17, 15) is 5.11 Å². The molecule has 0 fully saturated rings. The number of halogens is 1.